The van der Waals surface area contributed by atoms with Crippen molar-refractivity contribution in [2.24, 2.45) is 5.92 Å². The van der Waals surface area contributed by atoms with Crippen LogP contribution in [0, 0.1) is 5.92 Å². The number of aliphatic hydroxyl groups is 1. The van der Waals surface area contributed by atoms with Crippen LogP contribution in [0.3, 0.4) is 0 Å². The molecule has 1 fully saturated rings. The zero-order chi connectivity index (χ0) is 13.4. The van der Waals surface area contributed by atoms with Crippen molar-refractivity contribution in [3.8, 4) is 0 Å². The van der Waals surface area contributed by atoms with Crippen LogP contribution in [0.1, 0.15) is 46.0 Å². The Kier molecular flexibility index (Phi) is 7.28. The fraction of sp³-hybridized carbons (Fsp3) is 0.929. The van der Waals surface area contributed by atoms with E-state index in [2.05, 4.69) is 17.1 Å². The molecular weight excluding hydrogens is 228 g/mol. The number of hydrogen-bond donors (Lipinski definition) is 2. The summed E-state index contributed by atoms with van der Waals surface area (Å²) in [6.45, 7) is 7.19. The Morgan fingerprint density at radius 2 is 2.06 bits per heavy atom. The minimum absolute atomic E-state index is 0.140. The van der Waals surface area contributed by atoms with Gasteiger partial charge in [-0.2, -0.15) is 0 Å². The molecule has 0 aliphatic carbocycles. The number of nitrogens with one attached hydrogen (secondary N) is 1. The van der Waals surface area contributed by atoms with E-state index in [1.54, 1.807) is 0 Å². The van der Waals surface area contributed by atoms with Gasteiger partial charge in [0.05, 0.1) is 12.6 Å². The quantitative estimate of drug-likeness (QED) is 0.677. The molecule has 1 saturated heterocycles. The van der Waals surface area contributed by atoms with Crippen molar-refractivity contribution in [3.63, 3.8) is 0 Å². The van der Waals surface area contributed by atoms with E-state index in [1.165, 1.54) is 12.8 Å². The highest BCUT2D eigenvalue weighted by Gasteiger charge is 2.23. The maximum atomic E-state index is 11.7. The summed E-state index contributed by atoms with van der Waals surface area (Å²) in [7, 11) is 0. The maximum absolute atomic E-state index is 11.7. The molecule has 2 N–H and O–H groups in total. The molecule has 1 unspecified atom stereocenters. The molecule has 0 aromatic rings. The fourth-order valence-electron chi connectivity index (χ4n) is 2.46. The van der Waals surface area contributed by atoms with E-state index < -0.39 is 0 Å². The van der Waals surface area contributed by atoms with Gasteiger partial charge in [0, 0.05) is 6.54 Å². The standard InChI is InChI=1S/C14H28N2O2/c1-3-4-5-8-15-14(18)11-16-9-6-13(7-10-16)12(2)17/h12-13,17H,3-11H2,1-2H3,(H,15,18). The smallest absolute Gasteiger partial charge is 0.234 e. The van der Waals surface area contributed by atoms with Gasteiger partial charge in [0.1, 0.15) is 0 Å². The van der Waals surface area contributed by atoms with E-state index in [0.717, 1.165) is 38.9 Å². The van der Waals surface area contributed by atoms with Gasteiger partial charge in [0.25, 0.3) is 0 Å². The summed E-state index contributed by atoms with van der Waals surface area (Å²) < 4.78 is 0. The van der Waals surface area contributed by atoms with Crippen LogP contribution >= 0.6 is 0 Å². The van der Waals surface area contributed by atoms with Crippen molar-refractivity contribution in [1.29, 1.82) is 0 Å². The van der Waals surface area contributed by atoms with Crippen molar-refractivity contribution in [2.75, 3.05) is 26.2 Å². The van der Waals surface area contributed by atoms with E-state index in [9.17, 15) is 9.90 Å². The van der Waals surface area contributed by atoms with Gasteiger partial charge >= 0.3 is 0 Å². The number of rotatable bonds is 7. The van der Waals surface area contributed by atoms with Gasteiger partial charge in [-0.3, -0.25) is 9.69 Å². The zero-order valence-corrected chi connectivity index (χ0v) is 11.8. The first kappa shape index (κ1) is 15.4. The number of carbonyl (C=O) groups is 1. The molecule has 4 heteroatoms. The average molecular weight is 256 g/mol. The number of hydrogen-bond acceptors (Lipinski definition) is 3. The van der Waals surface area contributed by atoms with E-state index in [-0.39, 0.29) is 12.0 Å². The number of piperidine rings is 1. The maximum Gasteiger partial charge on any atom is 0.234 e. The first-order valence-electron chi connectivity index (χ1n) is 7.30. The van der Waals surface area contributed by atoms with E-state index in [4.69, 9.17) is 0 Å². The number of carbonyl (C=O) groups excluding carboxylic acids is 1. The van der Waals surface area contributed by atoms with E-state index in [1.807, 2.05) is 6.92 Å². The summed E-state index contributed by atoms with van der Waals surface area (Å²) in [4.78, 5) is 13.9. The second-order valence-corrected chi connectivity index (χ2v) is 5.41. The zero-order valence-electron chi connectivity index (χ0n) is 11.8. The number of aliphatic hydroxyl groups excluding tert-OH is 1. The number of unbranched alkanes of at least 4 members (excludes halogenated alkanes) is 2. The summed E-state index contributed by atoms with van der Waals surface area (Å²) in [6.07, 6.45) is 5.23. The molecule has 18 heavy (non-hydrogen) atoms. The van der Waals surface area contributed by atoms with Crippen molar-refractivity contribution in [3.05, 3.63) is 0 Å². The lowest BCUT2D eigenvalue weighted by Gasteiger charge is -2.32. The van der Waals surface area contributed by atoms with Gasteiger partial charge in [0.15, 0.2) is 0 Å². The molecule has 1 amide bonds. The minimum Gasteiger partial charge on any atom is -0.393 e. The summed E-state index contributed by atoms with van der Waals surface area (Å²) in [5.41, 5.74) is 0. The average Bonchev–Trinajstić information content (AvgIpc) is 2.35. The summed E-state index contributed by atoms with van der Waals surface area (Å²) >= 11 is 0. The minimum atomic E-state index is -0.213. The van der Waals surface area contributed by atoms with Crippen LogP contribution in [0.2, 0.25) is 0 Å². The predicted octanol–water partition coefficient (Wildman–Crippen LogP) is 1.39. The highest BCUT2D eigenvalue weighted by atomic mass is 16.3. The van der Waals surface area contributed by atoms with E-state index in [0.29, 0.717) is 12.5 Å². The molecule has 1 aliphatic heterocycles. The molecule has 4 nitrogen and oxygen atoms in total. The van der Waals surface area contributed by atoms with Crippen LogP contribution < -0.4 is 5.32 Å². The SMILES string of the molecule is CCCCCNC(=O)CN1CCC(C(C)O)CC1. The van der Waals surface area contributed by atoms with Crippen molar-refractivity contribution in [1.82, 2.24) is 10.2 Å². The third-order valence-corrected chi connectivity index (χ3v) is 3.78. The molecular formula is C14H28N2O2. The first-order chi connectivity index (χ1) is 8.63. The van der Waals surface area contributed by atoms with E-state index >= 15 is 0 Å². The molecule has 0 bridgehead atoms. The second kappa shape index (κ2) is 8.48. The van der Waals surface area contributed by atoms with Gasteiger partial charge in [-0.15, -0.1) is 0 Å². The lowest BCUT2D eigenvalue weighted by atomic mass is 9.92. The molecule has 106 valence electrons. The van der Waals surface area contributed by atoms with Crippen LogP contribution in [0.5, 0.6) is 0 Å². The molecule has 0 radical (unpaired) electrons. The summed E-state index contributed by atoms with van der Waals surface area (Å²) in [5, 5.41) is 12.5. The van der Waals surface area contributed by atoms with Crippen molar-refractivity contribution >= 4 is 5.91 Å². The molecule has 0 aromatic heterocycles. The van der Waals surface area contributed by atoms with Crippen LogP contribution in [0.4, 0.5) is 0 Å². The highest BCUT2D eigenvalue weighted by Crippen LogP contribution is 2.19. The molecule has 1 atom stereocenters. The Balaban J connectivity index is 2.10. The Bertz CT molecular complexity index is 236. The molecule has 0 saturated carbocycles. The monoisotopic (exact) mass is 256 g/mol. The largest absolute Gasteiger partial charge is 0.393 e. The lowest BCUT2D eigenvalue weighted by Crippen LogP contribution is -2.43. The molecule has 0 aromatic carbocycles. The van der Waals surface area contributed by atoms with Gasteiger partial charge in [-0.1, -0.05) is 19.8 Å². The van der Waals surface area contributed by atoms with Crippen LogP contribution in [0.15, 0.2) is 0 Å². The normalized spacial score (nSPS) is 19.7. The predicted molar refractivity (Wildman–Crippen MR) is 73.4 cm³/mol. The van der Waals surface area contributed by atoms with Crippen LogP contribution in [-0.4, -0.2) is 48.2 Å². The van der Waals surface area contributed by atoms with Crippen molar-refractivity contribution in [2.45, 2.75) is 52.1 Å². The first-order valence-corrected chi connectivity index (χ1v) is 7.30. The Morgan fingerprint density at radius 3 is 2.61 bits per heavy atom. The molecule has 1 heterocycles. The van der Waals surface area contributed by atoms with Gasteiger partial charge < -0.3 is 10.4 Å². The summed E-state index contributed by atoms with van der Waals surface area (Å²) in [5.74, 6) is 0.551. The Hall–Kier alpha value is -0.610. The number of amides is 1. The van der Waals surface area contributed by atoms with Crippen LogP contribution in [0.25, 0.3) is 0 Å². The Morgan fingerprint density at radius 1 is 1.39 bits per heavy atom. The van der Waals surface area contributed by atoms with Gasteiger partial charge in [-0.25, -0.2) is 0 Å². The fourth-order valence-corrected chi connectivity index (χ4v) is 2.46. The third-order valence-electron chi connectivity index (χ3n) is 3.78. The van der Waals surface area contributed by atoms with Gasteiger partial charge in [0.2, 0.25) is 5.91 Å². The third kappa shape index (κ3) is 5.83. The molecule has 0 spiro atoms. The molecule has 1 aliphatic rings. The van der Waals surface area contributed by atoms with Gasteiger partial charge in [-0.05, 0) is 45.2 Å². The summed E-state index contributed by atoms with van der Waals surface area (Å²) in [6, 6.07) is 0. The lowest BCUT2D eigenvalue weighted by molar-refractivity contribution is -0.122. The second-order valence-electron chi connectivity index (χ2n) is 5.41. The van der Waals surface area contributed by atoms with Crippen molar-refractivity contribution < 1.29 is 9.90 Å². The number of likely N-dealkylation sites (tertiary alicyclic amines) is 1. The Labute approximate surface area is 111 Å². The topological polar surface area (TPSA) is 52.6 Å². The molecule has 1 rings (SSSR count). The highest BCUT2D eigenvalue weighted by molar-refractivity contribution is 5.77. The number of nitrogens with zero attached hydrogens (tertiary/aromatic N) is 1. The van der Waals surface area contributed by atoms with Crippen LogP contribution in [-0.2, 0) is 4.79 Å².